The van der Waals surface area contributed by atoms with Crippen molar-refractivity contribution in [3.8, 4) is 5.75 Å². The molecule has 0 saturated carbocycles. The molecular weight excluding hydrogens is 254 g/mol. The highest BCUT2D eigenvalue weighted by Crippen LogP contribution is 2.28. The van der Waals surface area contributed by atoms with Crippen LogP contribution in [0.3, 0.4) is 0 Å². The third kappa shape index (κ3) is 2.43. The van der Waals surface area contributed by atoms with Crippen LogP contribution in [0, 0.1) is 0 Å². The summed E-state index contributed by atoms with van der Waals surface area (Å²) in [6, 6.07) is 5.71. The first-order valence-electron chi connectivity index (χ1n) is 5.46. The van der Waals surface area contributed by atoms with Crippen molar-refractivity contribution in [2.75, 3.05) is 11.5 Å². The van der Waals surface area contributed by atoms with E-state index in [0.29, 0.717) is 17.7 Å². The van der Waals surface area contributed by atoms with E-state index in [1.165, 1.54) is 36.0 Å². The van der Waals surface area contributed by atoms with Gasteiger partial charge in [0, 0.05) is 11.3 Å². The van der Waals surface area contributed by atoms with E-state index in [2.05, 4.69) is 5.32 Å². The van der Waals surface area contributed by atoms with Gasteiger partial charge in [-0.25, -0.2) is 4.79 Å². The summed E-state index contributed by atoms with van der Waals surface area (Å²) in [4.78, 5) is 23.2. The maximum Gasteiger partial charge on any atom is 0.330 e. The molecule has 1 heterocycles. The highest BCUT2D eigenvalue weighted by Gasteiger charge is 2.43. The number of carboxylic acid groups (broad SMARTS) is 1. The molecule has 1 aromatic carbocycles. The summed E-state index contributed by atoms with van der Waals surface area (Å²) in [5.41, 5.74) is -0.829. The second-order valence-corrected chi connectivity index (χ2v) is 5.30. The maximum absolute atomic E-state index is 12.0. The zero-order chi connectivity index (χ0) is 13.2. The monoisotopic (exact) mass is 267 g/mol. The third-order valence-electron chi connectivity index (χ3n) is 2.91. The molecule has 1 amide bonds. The molecule has 1 aromatic rings. The number of carboxylic acids is 1. The van der Waals surface area contributed by atoms with Gasteiger partial charge in [0.1, 0.15) is 11.3 Å². The largest absolute Gasteiger partial charge is 0.508 e. The number of phenolic OH excluding ortho intramolecular Hbond substituents is 1. The van der Waals surface area contributed by atoms with Crippen LogP contribution in [0.5, 0.6) is 5.75 Å². The van der Waals surface area contributed by atoms with Gasteiger partial charge in [-0.2, -0.15) is 11.8 Å². The third-order valence-corrected chi connectivity index (χ3v) is 4.10. The Labute approximate surface area is 108 Å². The summed E-state index contributed by atoms with van der Waals surface area (Å²) >= 11 is 1.51. The standard InChI is InChI=1S/C12H13NO4S/c14-9-3-1-8(2-4-9)10(15)13-12(11(16)17)5-6-18-7-12/h1-4,14H,5-7H2,(H,13,15)(H,16,17). The zero-order valence-corrected chi connectivity index (χ0v) is 10.4. The molecule has 5 nitrogen and oxygen atoms in total. The topological polar surface area (TPSA) is 86.6 Å². The summed E-state index contributed by atoms with van der Waals surface area (Å²) in [6.07, 6.45) is 0.427. The Morgan fingerprint density at radius 2 is 1.94 bits per heavy atom. The molecule has 1 fully saturated rings. The minimum Gasteiger partial charge on any atom is -0.508 e. The Morgan fingerprint density at radius 3 is 2.44 bits per heavy atom. The Balaban J connectivity index is 2.15. The number of nitrogens with one attached hydrogen (secondary N) is 1. The van der Waals surface area contributed by atoms with Crippen LogP contribution < -0.4 is 5.32 Å². The maximum atomic E-state index is 12.0. The van der Waals surface area contributed by atoms with E-state index in [0.717, 1.165) is 5.75 Å². The number of phenols is 1. The summed E-state index contributed by atoms with van der Waals surface area (Å²) in [6.45, 7) is 0. The second kappa shape index (κ2) is 4.89. The predicted octanol–water partition coefficient (Wildman–Crippen LogP) is 1.08. The van der Waals surface area contributed by atoms with Crippen molar-refractivity contribution in [2.45, 2.75) is 12.0 Å². The normalized spacial score (nSPS) is 22.7. The van der Waals surface area contributed by atoms with Gasteiger partial charge in [0.25, 0.3) is 5.91 Å². The van der Waals surface area contributed by atoms with Crippen LogP contribution in [0.25, 0.3) is 0 Å². The first kappa shape index (κ1) is 12.8. The van der Waals surface area contributed by atoms with Gasteiger partial charge < -0.3 is 15.5 Å². The van der Waals surface area contributed by atoms with Crippen LogP contribution >= 0.6 is 11.8 Å². The highest BCUT2D eigenvalue weighted by molar-refractivity contribution is 7.99. The fraction of sp³-hybridized carbons (Fsp3) is 0.333. The van der Waals surface area contributed by atoms with Crippen LogP contribution in [0.15, 0.2) is 24.3 Å². The number of aromatic hydroxyl groups is 1. The molecule has 0 bridgehead atoms. The molecule has 1 saturated heterocycles. The van der Waals surface area contributed by atoms with E-state index >= 15 is 0 Å². The molecule has 1 aliphatic heterocycles. The van der Waals surface area contributed by atoms with Gasteiger partial charge in [0.15, 0.2) is 0 Å². The molecular formula is C12H13NO4S. The van der Waals surface area contributed by atoms with Crippen LogP contribution in [0.2, 0.25) is 0 Å². The number of hydrogen-bond acceptors (Lipinski definition) is 4. The van der Waals surface area contributed by atoms with Crippen molar-refractivity contribution >= 4 is 23.6 Å². The predicted molar refractivity (Wildman–Crippen MR) is 67.9 cm³/mol. The van der Waals surface area contributed by atoms with Crippen molar-refractivity contribution in [3.05, 3.63) is 29.8 Å². The number of hydrogen-bond donors (Lipinski definition) is 3. The zero-order valence-electron chi connectivity index (χ0n) is 9.55. The van der Waals surface area contributed by atoms with Crippen LogP contribution in [-0.4, -0.2) is 39.1 Å². The first-order valence-corrected chi connectivity index (χ1v) is 6.62. The first-order chi connectivity index (χ1) is 8.53. The van der Waals surface area contributed by atoms with E-state index in [1.807, 2.05) is 0 Å². The van der Waals surface area contributed by atoms with Crippen molar-refractivity contribution in [1.82, 2.24) is 5.32 Å². The number of benzene rings is 1. The molecule has 1 aliphatic rings. The number of amides is 1. The minimum absolute atomic E-state index is 0.0657. The molecule has 18 heavy (non-hydrogen) atoms. The van der Waals surface area contributed by atoms with Gasteiger partial charge >= 0.3 is 5.97 Å². The van der Waals surface area contributed by atoms with Gasteiger partial charge in [-0.3, -0.25) is 4.79 Å². The number of thioether (sulfide) groups is 1. The molecule has 1 unspecified atom stereocenters. The number of rotatable bonds is 3. The molecule has 1 atom stereocenters. The second-order valence-electron chi connectivity index (χ2n) is 4.19. The lowest BCUT2D eigenvalue weighted by Crippen LogP contribution is -2.54. The fourth-order valence-corrected chi connectivity index (χ4v) is 3.11. The molecule has 3 N–H and O–H groups in total. The van der Waals surface area contributed by atoms with Gasteiger partial charge in [-0.15, -0.1) is 0 Å². The Bertz CT molecular complexity index is 465. The number of carbonyl (C=O) groups is 2. The van der Waals surface area contributed by atoms with E-state index < -0.39 is 17.4 Å². The molecule has 0 aliphatic carbocycles. The van der Waals surface area contributed by atoms with E-state index in [1.54, 1.807) is 0 Å². The Kier molecular flexibility index (Phi) is 3.47. The van der Waals surface area contributed by atoms with Crippen molar-refractivity contribution < 1.29 is 19.8 Å². The molecule has 6 heteroatoms. The highest BCUT2D eigenvalue weighted by atomic mass is 32.2. The summed E-state index contributed by atoms with van der Waals surface area (Å²) in [7, 11) is 0. The van der Waals surface area contributed by atoms with Gasteiger partial charge in [0.05, 0.1) is 0 Å². The van der Waals surface area contributed by atoms with Crippen molar-refractivity contribution in [2.24, 2.45) is 0 Å². The SMILES string of the molecule is O=C(NC1(C(=O)O)CCSC1)c1ccc(O)cc1. The van der Waals surface area contributed by atoms with E-state index in [4.69, 9.17) is 5.11 Å². The minimum atomic E-state index is -1.17. The van der Waals surface area contributed by atoms with Crippen LogP contribution in [-0.2, 0) is 4.79 Å². The Hall–Kier alpha value is -1.69. The van der Waals surface area contributed by atoms with E-state index in [-0.39, 0.29) is 5.75 Å². The lowest BCUT2D eigenvalue weighted by Gasteiger charge is -2.24. The Morgan fingerprint density at radius 1 is 1.28 bits per heavy atom. The summed E-state index contributed by atoms with van der Waals surface area (Å²) in [5.74, 6) is -0.260. The van der Waals surface area contributed by atoms with Crippen molar-refractivity contribution in [3.63, 3.8) is 0 Å². The molecule has 96 valence electrons. The fourth-order valence-electron chi connectivity index (χ4n) is 1.79. The number of carbonyl (C=O) groups excluding carboxylic acids is 1. The van der Waals surface area contributed by atoms with Crippen molar-refractivity contribution in [1.29, 1.82) is 0 Å². The quantitative estimate of drug-likeness (QED) is 0.763. The number of aliphatic carboxylic acids is 1. The van der Waals surface area contributed by atoms with Gasteiger partial charge in [-0.1, -0.05) is 0 Å². The average Bonchev–Trinajstić information content (AvgIpc) is 2.79. The summed E-state index contributed by atoms with van der Waals surface area (Å²) < 4.78 is 0. The molecule has 0 spiro atoms. The van der Waals surface area contributed by atoms with E-state index in [9.17, 15) is 14.7 Å². The lowest BCUT2D eigenvalue weighted by molar-refractivity contribution is -0.143. The molecule has 0 radical (unpaired) electrons. The van der Waals surface area contributed by atoms with Crippen LogP contribution in [0.1, 0.15) is 16.8 Å². The van der Waals surface area contributed by atoms with Crippen LogP contribution in [0.4, 0.5) is 0 Å². The van der Waals surface area contributed by atoms with Gasteiger partial charge in [-0.05, 0) is 36.4 Å². The van der Waals surface area contributed by atoms with Gasteiger partial charge in [0.2, 0.25) is 0 Å². The lowest BCUT2D eigenvalue weighted by atomic mass is 9.98. The summed E-state index contributed by atoms with van der Waals surface area (Å²) in [5, 5.41) is 21.0. The molecule has 0 aromatic heterocycles. The average molecular weight is 267 g/mol. The smallest absolute Gasteiger partial charge is 0.330 e. The molecule has 2 rings (SSSR count).